The van der Waals surface area contributed by atoms with Crippen molar-refractivity contribution in [1.29, 1.82) is 0 Å². The van der Waals surface area contributed by atoms with E-state index in [2.05, 4.69) is 22.0 Å². The molecule has 1 saturated carbocycles. The Balaban J connectivity index is 1.77. The number of methoxy groups -OCH3 is 1. The Kier molecular flexibility index (Phi) is 5.12. The van der Waals surface area contributed by atoms with Gasteiger partial charge in [0, 0.05) is 30.7 Å². The van der Waals surface area contributed by atoms with Crippen molar-refractivity contribution in [3.05, 3.63) is 0 Å². The fourth-order valence-corrected chi connectivity index (χ4v) is 5.70. The van der Waals surface area contributed by atoms with E-state index in [1.54, 1.807) is 7.11 Å². The first kappa shape index (κ1) is 15.6. The summed E-state index contributed by atoms with van der Waals surface area (Å²) in [6.07, 6.45) is 6.94. The highest BCUT2D eigenvalue weighted by molar-refractivity contribution is 8.00. The van der Waals surface area contributed by atoms with Crippen molar-refractivity contribution in [1.82, 2.24) is 10.2 Å². The Morgan fingerprint density at radius 2 is 2.10 bits per heavy atom. The van der Waals surface area contributed by atoms with Gasteiger partial charge in [-0.3, -0.25) is 4.79 Å². The average Bonchev–Trinajstić information content (AvgIpc) is 2.55. The lowest BCUT2D eigenvalue weighted by molar-refractivity contribution is -0.150. The van der Waals surface area contributed by atoms with Crippen LogP contribution in [0.1, 0.15) is 38.5 Å². The lowest BCUT2D eigenvalue weighted by atomic mass is 9.77. The van der Waals surface area contributed by atoms with Crippen LogP contribution in [0.15, 0.2) is 0 Å². The van der Waals surface area contributed by atoms with Crippen LogP contribution in [0, 0.1) is 5.41 Å². The third-order valence-corrected chi connectivity index (χ3v) is 6.82. The number of rotatable bonds is 3. The fraction of sp³-hybridized carbons (Fsp3) is 0.938. The van der Waals surface area contributed by atoms with Crippen LogP contribution in [-0.2, 0) is 9.53 Å². The normalized spacial score (nSPS) is 32.5. The molecule has 2 unspecified atom stereocenters. The Bertz CT molecular complexity index is 364. The molecule has 3 rings (SSSR count). The fourth-order valence-electron chi connectivity index (χ4n) is 4.25. The number of thioether (sulfide) groups is 1. The van der Waals surface area contributed by atoms with Crippen molar-refractivity contribution < 1.29 is 9.53 Å². The van der Waals surface area contributed by atoms with Crippen molar-refractivity contribution in [2.75, 3.05) is 39.1 Å². The van der Waals surface area contributed by atoms with Gasteiger partial charge < -0.3 is 15.0 Å². The van der Waals surface area contributed by atoms with Gasteiger partial charge in [0.1, 0.15) is 0 Å². The number of fused-ring (bicyclic) bond motifs is 1. The number of hydrogen-bond donors (Lipinski definition) is 1. The van der Waals surface area contributed by atoms with Gasteiger partial charge in [0.15, 0.2) is 0 Å². The molecule has 1 amide bonds. The summed E-state index contributed by atoms with van der Waals surface area (Å²) in [6, 6.07) is 0.480. The van der Waals surface area contributed by atoms with Gasteiger partial charge in [-0.25, -0.2) is 0 Å². The molecule has 2 heterocycles. The zero-order chi connectivity index (χ0) is 14.7. The SMILES string of the molecule is COCC1(C(=O)N2CCSC3CCCCC32)CCNCC1. The van der Waals surface area contributed by atoms with E-state index in [0.717, 1.165) is 38.2 Å². The second-order valence-electron chi connectivity index (χ2n) is 6.72. The molecule has 0 aromatic rings. The summed E-state index contributed by atoms with van der Waals surface area (Å²) in [4.78, 5) is 15.6. The summed E-state index contributed by atoms with van der Waals surface area (Å²) in [5.41, 5.74) is -0.274. The maximum absolute atomic E-state index is 13.3. The summed E-state index contributed by atoms with van der Waals surface area (Å²) in [5.74, 6) is 1.48. The first-order valence-electron chi connectivity index (χ1n) is 8.39. The molecule has 4 nitrogen and oxygen atoms in total. The van der Waals surface area contributed by atoms with Crippen molar-refractivity contribution in [3.63, 3.8) is 0 Å². The number of amides is 1. The number of ether oxygens (including phenoxy) is 1. The lowest BCUT2D eigenvalue weighted by Gasteiger charge is -2.48. The van der Waals surface area contributed by atoms with E-state index in [-0.39, 0.29) is 5.41 Å². The van der Waals surface area contributed by atoms with Gasteiger partial charge in [-0.15, -0.1) is 0 Å². The van der Waals surface area contributed by atoms with E-state index >= 15 is 0 Å². The van der Waals surface area contributed by atoms with E-state index in [4.69, 9.17) is 4.74 Å². The Morgan fingerprint density at radius 3 is 2.86 bits per heavy atom. The van der Waals surface area contributed by atoms with Gasteiger partial charge >= 0.3 is 0 Å². The molecule has 1 N–H and O–H groups in total. The molecule has 21 heavy (non-hydrogen) atoms. The summed E-state index contributed by atoms with van der Waals surface area (Å²) in [5, 5.41) is 4.06. The molecule has 0 aromatic carbocycles. The highest BCUT2D eigenvalue weighted by atomic mass is 32.2. The number of nitrogens with one attached hydrogen (secondary N) is 1. The molecule has 3 fully saturated rings. The van der Waals surface area contributed by atoms with E-state index in [1.165, 1.54) is 25.7 Å². The zero-order valence-electron chi connectivity index (χ0n) is 13.1. The third-order valence-electron chi connectivity index (χ3n) is 5.43. The first-order chi connectivity index (χ1) is 10.3. The van der Waals surface area contributed by atoms with Gasteiger partial charge in [0.05, 0.1) is 12.0 Å². The molecule has 2 atom stereocenters. The minimum Gasteiger partial charge on any atom is -0.384 e. The molecule has 120 valence electrons. The number of hydrogen-bond acceptors (Lipinski definition) is 4. The Hall–Kier alpha value is -0.260. The number of piperidine rings is 1. The highest BCUT2D eigenvalue weighted by Gasteiger charge is 2.46. The Morgan fingerprint density at radius 1 is 1.33 bits per heavy atom. The highest BCUT2D eigenvalue weighted by Crippen LogP contribution is 2.39. The first-order valence-corrected chi connectivity index (χ1v) is 9.44. The van der Waals surface area contributed by atoms with E-state index in [0.29, 0.717) is 23.8 Å². The van der Waals surface area contributed by atoms with Crippen LogP contribution in [0.4, 0.5) is 0 Å². The van der Waals surface area contributed by atoms with E-state index in [9.17, 15) is 4.79 Å². The minimum atomic E-state index is -0.274. The summed E-state index contributed by atoms with van der Waals surface area (Å²) in [7, 11) is 1.73. The van der Waals surface area contributed by atoms with Crippen molar-refractivity contribution in [3.8, 4) is 0 Å². The van der Waals surface area contributed by atoms with Gasteiger partial charge in [-0.2, -0.15) is 11.8 Å². The summed E-state index contributed by atoms with van der Waals surface area (Å²) in [6.45, 7) is 3.38. The van der Waals surface area contributed by atoms with Crippen LogP contribution >= 0.6 is 11.8 Å². The van der Waals surface area contributed by atoms with Gasteiger partial charge in [0.25, 0.3) is 0 Å². The zero-order valence-corrected chi connectivity index (χ0v) is 13.9. The standard InChI is InChI=1S/C16H28N2O2S/c1-20-12-16(6-8-17-9-7-16)15(19)18-10-11-21-14-5-3-2-4-13(14)18/h13-14,17H,2-12H2,1H3. The second-order valence-corrected chi connectivity index (χ2v) is 8.07. The predicted octanol–water partition coefficient (Wildman–Crippen LogP) is 1.89. The lowest BCUT2D eigenvalue weighted by Crippen LogP contribution is -2.58. The number of nitrogens with zero attached hydrogens (tertiary/aromatic N) is 1. The van der Waals surface area contributed by atoms with Gasteiger partial charge in [-0.05, 0) is 38.8 Å². The van der Waals surface area contributed by atoms with Gasteiger partial charge in [-0.1, -0.05) is 12.8 Å². The molecule has 0 aromatic heterocycles. The molecular weight excluding hydrogens is 284 g/mol. The molecule has 2 saturated heterocycles. The van der Waals surface area contributed by atoms with Crippen molar-refractivity contribution >= 4 is 17.7 Å². The smallest absolute Gasteiger partial charge is 0.231 e. The Labute approximate surface area is 132 Å². The summed E-state index contributed by atoms with van der Waals surface area (Å²) < 4.78 is 5.45. The number of carbonyl (C=O) groups excluding carboxylic acids is 1. The van der Waals surface area contributed by atoms with Crippen LogP contribution < -0.4 is 5.32 Å². The molecule has 3 aliphatic rings. The topological polar surface area (TPSA) is 41.6 Å². The molecule has 0 radical (unpaired) electrons. The quantitative estimate of drug-likeness (QED) is 0.864. The maximum atomic E-state index is 13.3. The van der Waals surface area contributed by atoms with Crippen LogP contribution in [-0.4, -0.2) is 61.2 Å². The van der Waals surface area contributed by atoms with Crippen LogP contribution in [0.5, 0.6) is 0 Å². The van der Waals surface area contributed by atoms with Gasteiger partial charge in [0.2, 0.25) is 5.91 Å². The van der Waals surface area contributed by atoms with Crippen molar-refractivity contribution in [2.24, 2.45) is 5.41 Å². The predicted molar refractivity (Wildman–Crippen MR) is 86.6 cm³/mol. The van der Waals surface area contributed by atoms with Crippen LogP contribution in [0.2, 0.25) is 0 Å². The minimum absolute atomic E-state index is 0.274. The monoisotopic (exact) mass is 312 g/mol. The molecule has 1 aliphatic carbocycles. The maximum Gasteiger partial charge on any atom is 0.231 e. The molecule has 0 spiro atoms. The van der Waals surface area contributed by atoms with E-state index < -0.39 is 0 Å². The summed E-state index contributed by atoms with van der Waals surface area (Å²) >= 11 is 2.09. The molecule has 0 bridgehead atoms. The molecule has 2 aliphatic heterocycles. The van der Waals surface area contributed by atoms with E-state index in [1.807, 2.05) is 0 Å². The van der Waals surface area contributed by atoms with Crippen LogP contribution in [0.3, 0.4) is 0 Å². The van der Waals surface area contributed by atoms with Crippen molar-refractivity contribution in [2.45, 2.75) is 49.8 Å². The van der Waals surface area contributed by atoms with Crippen LogP contribution in [0.25, 0.3) is 0 Å². The molecule has 5 heteroatoms. The second kappa shape index (κ2) is 6.88. The largest absolute Gasteiger partial charge is 0.384 e. The third kappa shape index (κ3) is 3.10. The average molecular weight is 312 g/mol. The molecular formula is C16H28N2O2S. The number of carbonyl (C=O) groups is 1.